The van der Waals surface area contributed by atoms with Gasteiger partial charge in [-0.1, -0.05) is 0 Å². The summed E-state index contributed by atoms with van der Waals surface area (Å²) in [4.78, 5) is 0. The van der Waals surface area contributed by atoms with Gasteiger partial charge in [0.15, 0.2) is 5.96 Å². The van der Waals surface area contributed by atoms with Gasteiger partial charge in [0.2, 0.25) is 0 Å². The van der Waals surface area contributed by atoms with Gasteiger partial charge in [-0.25, -0.2) is 0 Å². The van der Waals surface area contributed by atoms with Gasteiger partial charge in [0.05, 0.1) is 0 Å². The maximum atomic E-state index is 6.06. The average molecular weight is 284 g/mol. The van der Waals surface area contributed by atoms with E-state index in [1.165, 1.54) is 0 Å². The molecule has 0 unspecified atom stereocenters. The summed E-state index contributed by atoms with van der Waals surface area (Å²) in [5.74, 6) is -0.333. The van der Waals surface area contributed by atoms with Crippen molar-refractivity contribution in [3.8, 4) is 0 Å². The van der Waals surface area contributed by atoms with Crippen LogP contribution < -0.4 is 11.5 Å². The average Bonchev–Trinajstić information content (AvgIpc) is 1.25. The van der Waals surface area contributed by atoms with Gasteiger partial charge in [-0.3, -0.25) is 5.41 Å². The van der Waals surface area contributed by atoms with E-state index >= 15 is 0 Å². The van der Waals surface area contributed by atoms with Crippen LogP contribution >= 0.6 is 26.8 Å². The van der Waals surface area contributed by atoms with E-state index in [2.05, 4.69) is 11.5 Å². The summed E-state index contributed by atoms with van der Waals surface area (Å²) in [6, 6.07) is 0. The third-order valence-electron chi connectivity index (χ3n) is 0. The zero-order chi connectivity index (χ0) is 7.15. The number of halogens is 3. The molecule has 5 N–H and O–H groups in total. The van der Waals surface area contributed by atoms with E-state index < -0.39 is 16.4 Å². The zero-order valence-electron chi connectivity index (χ0n) is 3.79. The molecule has 0 heterocycles. The molecule has 3 nitrogen and oxygen atoms in total. The van der Waals surface area contributed by atoms with Crippen LogP contribution in [0.25, 0.3) is 0 Å². The van der Waals surface area contributed by atoms with Crippen molar-refractivity contribution in [2.75, 3.05) is 0 Å². The SMILES string of the molecule is N=C(N)N.[Cl][Sn]([Cl])[Cl]. The van der Waals surface area contributed by atoms with E-state index in [9.17, 15) is 0 Å². The quantitative estimate of drug-likeness (QED) is 0.345. The number of hydrogen-bond acceptors (Lipinski definition) is 1. The number of nitrogens with one attached hydrogen (secondary N) is 1. The molecule has 0 aromatic rings. The van der Waals surface area contributed by atoms with Crippen molar-refractivity contribution in [1.82, 2.24) is 0 Å². The Labute approximate surface area is 65.7 Å². The second-order valence-corrected chi connectivity index (χ2v) is 13.4. The molecular formula is CH5Cl3N3Sn. The summed E-state index contributed by atoms with van der Waals surface area (Å²) in [6.07, 6.45) is 0. The Morgan fingerprint density at radius 1 is 1.25 bits per heavy atom. The molecule has 0 bridgehead atoms. The summed E-state index contributed by atoms with van der Waals surface area (Å²) < 4.78 is 0. The minimum atomic E-state index is -2.13. The molecule has 49 valence electrons. The molecule has 0 rings (SSSR count). The first-order chi connectivity index (χ1) is 3.46. The molecule has 0 spiro atoms. The van der Waals surface area contributed by atoms with Gasteiger partial charge in [0.1, 0.15) is 0 Å². The number of nitrogens with two attached hydrogens (primary N) is 2. The fourth-order valence-corrected chi connectivity index (χ4v) is 0. The van der Waals surface area contributed by atoms with Crippen molar-refractivity contribution < 1.29 is 0 Å². The summed E-state index contributed by atoms with van der Waals surface area (Å²) in [6.45, 7) is 0. The third kappa shape index (κ3) is 278. The number of rotatable bonds is 0. The molecule has 0 aromatic heterocycles. The Bertz CT molecular complexity index is 58.8. The molecule has 0 aromatic carbocycles. The van der Waals surface area contributed by atoms with Crippen LogP contribution in [0.3, 0.4) is 0 Å². The van der Waals surface area contributed by atoms with Crippen molar-refractivity contribution in [1.29, 1.82) is 5.41 Å². The van der Waals surface area contributed by atoms with E-state index in [1.807, 2.05) is 0 Å². The second-order valence-electron chi connectivity index (χ2n) is 0.670. The van der Waals surface area contributed by atoms with Crippen LogP contribution in [0, 0.1) is 5.41 Å². The van der Waals surface area contributed by atoms with Crippen LogP contribution in [0.2, 0.25) is 0 Å². The van der Waals surface area contributed by atoms with Gasteiger partial charge in [-0.2, -0.15) is 0 Å². The van der Waals surface area contributed by atoms with Crippen LogP contribution in [0.5, 0.6) is 0 Å². The summed E-state index contributed by atoms with van der Waals surface area (Å²) in [5, 5.41) is 6.06. The Kier molecular flexibility index (Phi) is 11.6. The normalized spacial score (nSPS) is 7.50. The third-order valence-corrected chi connectivity index (χ3v) is 0. The molecule has 0 aliphatic heterocycles. The fourth-order valence-electron chi connectivity index (χ4n) is 0. The van der Waals surface area contributed by atoms with Crippen LogP contribution in [-0.2, 0) is 0 Å². The number of guanidine groups is 1. The van der Waals surface area contributed by atoms with Gasteiger partial charge in [-0.05, 0) is 0 Å². The minimum absolute atomic E-state index is 0.333. The predicted molar refractivity (Wildman–Crippen MR) is 39.4 cm³/mol. The first-order valence-electron chi connectivity index (χ1n) is 1.39. The Morgan fingerprint density at radius 2 is 1.25 bits per heavy atom. The summed E-state index contributed by atoms with van der Waals surface area (Å²) in [7, 11) is 15.0. The Hall–Kier alpha value is 0.939. The Morgan fingerprint density at radius 3 is 1.25 bits per heavy atom. The molecule has 0 saturated heterocycles. The fraction of sp³-hybridized carbons (Fsp3) is 0. The Balaban J connectivity index is 0. The van der Waals surface area contributed by atoms with Gasteiger partial charge in [-0.15, -0.1) is 0 Å². The van der Waals surface area contributed by atoms with Gasteiger partial charge < -0.3 is 11.5 Å². The molecule has 0 aliphatic carbocycles. The van der Waals surface area contributed by atoms with Crippen LogP contribution in [-0.4, -0.2) is 22.3 Å². The van der Waals surface area contributed by atoms with Crippen molar-refractivity contribution in [2.45, 2.75) is 0 Å². The van der Waals surface area contributed by atoms with E-state index in [-0.39, 0.29) is 5.96 Å². The van der Waals surface area contributed by atoms with Crippen molar-refractivity contribution in [3.05, 3.63) is 0 Å². The summed E-state index contributed by atoms with van der Waals surface area (Å²) in [5.41, 5.74) is 8.94. The first kappa shape index (κ1) is 11.7. The van der Waals surface area contributed by atoms with Crippen molar-refractivity contribution in [2.24, 2.45) is 11.5 Å². The molecule has 0 atom stereocenters. The second kappa shape index (κ2) is 7.94. The van der Waals surface area contributed by atoms with E-state index in [1.54, 1.807) is 0 Å². The first-order valence-corrected chi connectivity index (χ1v) is 12.2. The standard InChI is InChI=1S/CH5N3.3ClH.Sn/c2-1(3)4;;;;/h(H5,2,3,4);3*1H;/q;;;;+3/p-3. The molecule has 7 heteroatoms. The van der Waals surface area contributed by atoms with Crippen molar-refractivity contribution >= 4 is 49.1 Å². The molecular weight excluding hydrogens is 279 g/mol. The maximum absolute atomic E-state index is 6.06. The van der Waals surface area contributed by atoms with Crippen LogP contribution in [0.4, 0.5) is 0 Å². The molecule has 8 heavy (non-hydrogen) atoms. The predicted octanol–water partition coefficient (Wildman–Crippen LogP) is 0.526. The van der Waals surface area contributed by atoms with Gasteiger partial charge in [0, 0.05) is 0 Å². The molecule has 1 radical (unpaired) electrons. The van der Waals surface area contributed by atoms with Gasteiger partial charge >= 0.3 is 43.1 Å². The molecule has 0 aliphatic rings. The van der Waals surface area contributed by atoms with Crippen molar-refractivity contribution in [3.63, 3.8) is 0 Å². The van der Waals surface area contributed by atoms with E-state index in [0.29, 0.717) is 0 Å². The van der Waals surface area contributed by atoms with E-state index in [4.69, 9.17) is 32.2 Å². The topological polar surface area (TPSA) is 75.9 Å². The molecule has 0 amide bonds. The van der Waals surface area contributed by atoms with E-state index in [0.717, 1.165) is 0 Å². The summed E-state index contributed by atoms with van der Waals surface area (Å²) >= 11 is -2.13. The van der Waals surface area contributed by atoms with Crippen LogP contribution in [0.15, 0.2) is 0 Å². The number of hydrogen-bond donors (Lipinski definition) is 3. The van der Waals surface area contributed by atoms with Gasteiger partial charge in [0.25, 0.3) is 0 Å². The van der Waals surface area contributed by atoms with Crippen LogP contribution in [0.1, 0.15) is 0 Å². The molecule has 0 fully saturated rings. The monoisotopic (exact) mass is 284 g/mol. The zero-order valence-corrected chi connectivity index (χ0v) is 8.91. The molecule has 0 saturated carbocycles.